The number of oxime groups is 1. The molecule has 4 N–H and O–H groups in total. The maximum atomic E-state index is 12.3. The normalized spacial score (nSPS) is 13.1. The van der Waals surface area contributed by atoms with Crippen LogP contribution >= 0.6 is 0 Å². The van der Waals surface area contributed by atoms with Gasteiger partial charge in [-0.1, -0.05) is 36.2 Å². The van der Waals surface area contributed by atoms with Gasteiger partial charge in [0.05, 0.1) is 5.92 Å². The molecule has 20 heavy (non-hydrogen) atoms. The Morgan fingerprint density at radius 3 is 2.35 bits per heavy atom. The molecule has 0 aliphatic heterocycles. The Morgan fingerprint density at radius 2 is 1.90 bits per heavy atom. The lowest BCUT2D eigenvalue weighted by atomic mass is 10.00. The quantitative estimate of drug-likeness (QED) is 0.334. The number of amides is 1. The van der Waals surface area contributed by atoms with Crippen LogP contribution in [0.2, 0.25) is 0 Å². The molecule has 0 saturated heterocycles. The van der Waals surface area contributed by atoms with Crippen LogP contribution in [0.5, 0.6) is 0 Å². The van der Waals surface area contributed by atoms with Crippen molar-refractivity contribution in [1.82, 2.24) is 0 Å². The molecule has 1 amide bonds. The zero-order valence-corrected chi connectivity index (χ0v) is 12.5. The Hall–Kier alpha value is -2.04. The summed E-state index contributed by atoms with van der Waals surface area (Å²) < 4.78 is 0. The Labute approximate surface area is 119 Å². The van der Waals surface area contributed by atoms with Crippen LogP contribution in [0.25, 0.3) is 0 Å². The summed E-state index contributed by atoms with van der Waals surface area (Å²) in [5.41, 5.74) is 9.56. The van der Waals surface area contributed by atoms with E-state index in [1.165, 1.54) is 0 Å². The first-order chi connectivity index (χ1) is 9.40. The fourth-order valence-electron chi connectivity index (χ4n) is 2.36. The van der Waals surface area contributed by atoms with E-state index in [-0.39, 0.29) is 11.7 Å². The molecule has 5 nitrogen and oxygen atoms in total. The molecule has 1 aromatic carbocycles. The number of hydrogen-bond donors (Lipinski definition) is 3. The Morgan fingerprint density at radius 1 is 1.35 bits per heavy atom. The van der Waals surface area contributed by atoms with Crippen LogP contribution < -0.4 is 11.1 Å². The zero-order chi connectivity index (χ0) is 15.3. The van der Waals surface area contributed by atoms with Crippen molar-refractivity contribution >= 4 is 17.4 Å². The molecule has 0 spiro atoms. The monoisotopic (exact) mass is 277 g/mol. The topological polar surface area (TPSA) is 87.7 Å². The highest BCUT2D eigenvalue weighted by Crippen LogP contribution is 2.23. The van der Waals surface area contributed by atoms with E-state index in [1.807, 2.05) is 39.8 Å². The lowest BCUT2D eigenvalue weighted by Crippen LogP contribution is -2.35. The van der Waals surface area contributed by atoms with Crippen LogP contribution in [0.1, 0.15) is 36.5 Å². The number of nitrogens with one attached hydrogen (secondary N) is 1. The molecular formula is C15H23N3O2. The Kier molecular flexibility index (Phi) is 5.55. The van der Waals surface area contributed by atoms with Crippen molar-refractivity contribution in [1.29, 1.82) is 0 Å². The van der Waals surface area contributed by atoms with Crippen LogP contribution in [-0.4, -0.2) is 17.0 Å². The second-order valence-corrected chi connectivity index (χ2v) is 5.13. The third-order valence-electron chi connectivity index (χ3n) is 3.29. The van der Waals surface area contributed by atoms with Crippen molar-refractivity contribution in [2.24, 2.45) is 16.8 Å². The molecule has 0 radical (unpaired) electrons. The van der Waals surface area contributed by atoms with Crippen molar-refractivity contribution in [3.63, 3.8) is 0 Å². The van der Waals surface area contributed by atoms with Crippen molar-refractivity contribution < 1.29 is 10.0 Å². The summed E-state index contributed by atoms with van der Waals surface area (Å²) in [6.45, 7) is 7.87. The van der Waals surface area contributed by atoms with Gasteiger partial charge in [-0.2, -0.15) is 0 Å². The fraction of sp³-hybridized carbons (Fsp3) is 0.467. The SMILES string of the molecule is CCCC(C(=O)Nc1c(C)cc(C)cc1C)C(N)=NO. The highest BCUT2D eigenvalue weighted by atomic mass is 16.4. The minimum Gasteiger partial charge on any atom is -0.409 e. The fourth-order valence-corrected chi connectivity index (χ4v) is 2.36. The van der Waals surface area contributed by atoms with E-state index < -0.39 is 5.92 Å². The first-order valence-corrected chi connectivity index (χ1v) is 6.76. The standard InChI is InChI=1S/C15H23N3O2/c1-5-6-12(14(16)18-20)15(19)17-13-10(3)7-9(2)8-11(13)4/h7-8,12,20H,5-6H2,1-4H3,(H2,16,18)(H,17,19). The molecule has 1 aromatic rings. The summed E-state index contributed by atoms with van der Waals surface area (Å²) in [6, 6.07) is 4.03. The number of nitrogens with two attached hydrogens (primary N) is 1. The van der Waals surface area contributed by atoms with Gasteiger partial charge in [-0.25, -0.2) is 0 Å². The number of carbonyl (C=O) groups excluding carboxylic acids is 1. The maximum absolute atomic E-state index is 12.3. The highest BCUT2D eigenvalue weighted by Gasteiger charge is 2.23. The lowest BCUT2D eigenvalue weighted by Gasteiger charge is -2.17. The van der Waals surface area contributed by atoms with Crippen LogP contribution in [-0.2, 0) is 4.79 Å². The number of anilines is 1. The lowest BCUT2D eigenvalue weighted by molar-refractivity contribution is -0.118. The summed E-state index contributed by atoms with van der Waals surface area (Å²) in [5.74, 6) is -0.894. The van der Waals surface area contributed by atoms with E-state index in [0.717, 1.165) is 28.8 Å². The van der Waals surface area contributed by atoms with Gasteiger partial charge in [-0.3, -0.25) is 4.79 Å². The van der Waals surface area contributed by atoms with Crippen LogP contribution in [0.3, 0.4) is 0 Å². The van der Waals surface area contributed by atoms with Gasteiger partial charge in [-0.15, -0.1) is 0 Å². The maximum Gasteiger partial charge on any atom is 0.235 e. The second-order valence-electron chi connectivity index (χ2n) is 5.13. The molecule has 0 fully saturated rings. The molecular weight excluding hydrogens is 254 g/mol. The summed E-state index contributed by atoms with van der Waals surface area (Å²) in [5, 5.41) is 14.6. The van der Waals surface area contributed by atoms with Gasteiger partial charge in [0.25, 0.3) is 0 Å². The van der Waals surface area contributed by atoms with Gasteiger partial charge >= 0.3 is 0 Å². The van der Waals surface area contributed by atoms with Crippen LogP contribution in [0.4, 0.5) is 5.69 Å². The third-order valence-corrected chi connectivity index (χ3v) is 3.29. The van der Waals surface area contributed by atoms with E-state index in [2.05, 4.69) is 10.5 Å². The van der Waals surface area contributed by atoms with E-state index in [1.54, 1.807) is 0 Å². The van der Waals surface area contributed by atoms with Gasteiger partial charge in [0.2, 0.25) is 5.91 Å². The summed E-state index contributed by atoms with van der Waals surface area (Å²) >= 11 is 0. The molecule has 1 rings (SSSR count). The third kappa shape index (κ3) is 3.73. The number of amidine groups is 1. The number of rotatable bonds is 5. The summed E-state index contributed by atoms with van der Waals surface area (Å²) in [6.07, 6.45) is 1.33. The largest absolute Gasteiger partial charge is 0.409 e. The first kappa shape index (κ1) is 16.0. The number of nitrogens with zero attached hydrogens (tertiary/aromatic N) is 1. The van der Waals surface area contributed by atoms with E-state index in [9.17, 15) is 4.79 Å². The zero-order valence-electron chi connectivity index (χ0n) is 12.5. The predicted molar refractivity (Wildman–Crippen MR) is 81.1 cm³/mol. The molecule has 0 aromatic heterocycles. The van der Waals surface area contributed by atoms with Gasteiger partial charge < -0.3 is 16.3 Å². The van der Waals surface area contributed by atoms with E-state index in [0.29, 0.717) is 6.42 Å². The molecule has 0 heterocycles. The van der Waals surface area contributed by atoms with Crippen molar-refractivity contribution in [3.05, 3.63) is 28.8 Å². The smallest absolute Gasteiger partial charge is 0.235 e. The van der Waals surface area contributed by atoms with Crippen LogP contribution in [0, 0.1) is 26.7 Å². The first-order valence-electron chi connectivity index (χ1n) is 6.76. The van der Waals surface area contributed by atoms with E-state index in [4.69, 9.17) is 10.9 Å². The van der Waals surface area contributed by atoms with Crippen molar-refractivity contribution in [2.75, 3.05) is 5.32 Å². The number of hydrogen-bond acceptors (Lipinski definition) is 3. The highest BCUT2D eigenvalue weighted by molar-refractivity contribution is 6.08. The minimum atomic E-state index is -0.606. The predicted octanol–water partition coefficient (Wildman–Crippen LogP) is 2.71. The average Bonchev–Trinajstić information content (AvgIpc) is 2.39. The number of benzene rings is 1. The molecule has 1 unspecified atom stereocenters. The summed E-state index contributed by atoms with van der Waals surface area (Å²) in [4.78, 5) is 12.3. The second kappa shape index (κ2) is 6.93. The average molecular weight is 277 g/mol. The van der Waals surface area contributed by atoms with Crippen LogP contribution in [0.15, 0.2) is 17.3 Å². The molecule has 1 atom stereocenters. The molecule has 0 aliphatic carbocycles. The minimum absolute atomic E-state index is 0.0493. The van der Waals surface area contributed by atoms with E-state index >= 15 is 0 Å². The molecule has 0 bridgehead atoms. The Bertz CT molecular complexity index is 501. The van der Waals surface area contributed by atoms with Crippen molar-refractivity contribution in [2.45, 2.75) is 40.5 Å². The molecule has 0 aliphatic rings. The van der Waals surface area contributed by atoms with Gasteiger partial charge in [0, 0.05) is 5.69 Å². The summed E-state index contributed by atoms with van der Waals surface area (Å²) in [7, 11) is 0. The number of aryl methyl sites for hydroxylation is 3. The Balaban J connectivity index is 3.00. The molecule has 0 saturated carbocycles. The van der Waals surface area contributed by atoms with Gasteiger partial charge in [0.1, 0.15) is 0 Å². The van der Waals surface area contributed by atoms with Gasteiger partial charge in [0.15, 0.2) is 5.84 Å². The van der Waals surface area contributed by atoms with Gasteiger partial charge in [-0.05, 0) is 38.3 Å². The molecule has 5 heteroatoms. The van der Waals surface area contributed by atoms with Crippen molar-refractivity contribution in [3.8, 4) is 0 Å². The number of carbonyl (C=O) groups is 1. The molecule has 110 valence electrons.